The van der Waals surface area contributed by atoms with Crippen molar-refractivity contribution in [3.05, 3.63) is 46.7 Å². The molecular formula is C19H19ClF6N3O2+. The highest BCUT2D eigenvalue weighted by atomic mass is 35.5. The molecule has 1 amide bonds. The first kappa shape index (κ1) is 23.4. The van der Waals surface area contributed by atoms with Gasteiger partial charge in [0.05, 0.1) is 5.92 Å². The predicted octanol–water partition coefficient (Wildman–Crippen LogP) is 3.98. The Labute approximate surface area is 178 Å². The number of aromatic amines is 1. The van der Waals surface area contributed by atoms with Crippen LogP contribution in [0.3, 0.4) is 0 Å². The van der Waals surface area contributed by atoms with E-state index in [1.54, 1.807) is 0 Å². The number of halogens is 7. The number of piperidine rings is 1. The van der Waals surface area contributed by atoms with E-state index in [9.17, 15) is 36.2 Å². The number of alkyl halides is 6. The predicted molar refractivity (Wildman–Crippen MR) is 97.6 cm³/mol. The zero-order valence-corrected chi connectivity index (χ0v) is 16.9. The van der Waals surface area contributed by atoms with Gasteiger partial charge in [0.2, 0.25) is 17.0 Å². The Balaban J connectivity index is 1.85. The molecule has 0 bridgehead atoms. The summed E-state index contributed by atoms with van der Waals surface area (Å²) in [5.41, 5.74) is -3.82. The van der Waals surface area contributed by atoms with E-state index in [1.165, 1.54) is 28.9 Å². The molecule has 2 aromatic rings. The molecule has 0 saturated carbocycles. The van der Waals surface area contributed by atoms with Gasteiger partial charge in [-0.25, -0.2) is 0 Å². The van der Waals surface area contributed by atoms with E-state index in [0.717, 1.165) is 11.0 Å². The van der Waals surface area contributed by atoms with Crippen LogP contribution in [0.4, 0.5) is 26.3 Å². The molecule has 31 heavy (non-hydrogen) atoms. The van der Waals surface area contributed by atoms with E-state index in [1.807, 2.05) is 0 Å². The second kappa shape index (κ2) is 8.01. The molecule has 2 N–H and O–H groups in total. The van der Waals surface area contributed by atoms with Crippen LogP contribution in [-0.4, -0.2) is 45.9 Å². The van der Waals surface area contributed by atoms with E-state index in [2.05, 4.69) is 5.10 Å². The Morgan fingerprint density at radius 3 is 2.16 bits per heavy atom. The molecular weight excluding hydrogens is 452 g/mol. The molecule has 5 nitrogen and oxygen atoms in total. The summed E-state index contributed by atoms with van der Waals surface area (Å²) >= 11 is 5.84. The highest BCUT2D eigenvalue weighted by molar-refractivity contribution is 6.30. The first-order valence-corrected chi connectivity index (χ1v) is 9.66. The number of nitrogens with zero attached hydrogens (tertiary/aromatic N) is 2. The van der Waals surface area contributed by atoms with Gasteiger partial charge in [0, 0.05) is 36.3 Å². The van der Waals surface area contributed by atoms with Gasteiger partial charge in [-0.2, -0.15) is 31.4 Å². The SMILES string of the molecule is C[C@@](O)(C(=O)N1CCC(c2cc(C(F)(F)F)[nH][n+]2-c2ccc(Cl)cc2)CC1)C(F)(F)F. The molecule has 1 saturated heterocycles. The van der Waals surface area contributed by atoms with Gasteiger partial charge < -0.3 is 10.0 Å². The zero-order valence-electron chi connectivity index (χ0n) is 16.2. The van der Waals surface area contributed by atoms with Crippen LogP contribution in [0.15, 0.2) is 30.3 Å². The van der Waals surface area contributed by atoms with E-state index < -0.39 is 35.5 Å². The van der Waals surface area contributed by atoms with E-state index in [0.29, 0.717) is 17.6 Å². The van der Waals surface area contributed by atoms with Crippen LogP contribution in [0.5, 0.6) is 0 Å². The fraction of sp³-hybridized carbons (Fsp3) is 0.474. The van der Waals surface area contributed by atoms with Gasteiger partial charge in [0.1, 0.15) is 0 Å². The van der Waals surface area contributed by atoms with E-state index in [4.69, 9.17) is 11.6 Å². The number of rotatable bonds is 3. The molecule has 1 aromatic carbocycles. The topological polar surface area (TPSA) is 60.2 Å². The van der Waals surface area contributed by atoms with Crippen molar-refractivity contribution >= 4 is 17.5 Å². The van der Waals surface area contributed by atoms with Crippen LogP contribution in [0.1, 0.15) is 37.1 Å². The van der Waals surface area contributed by atoms with Crippen LogP contribution in [-0.2, 0) is 11.0 Å². The minimum absolute atomic E-state index is 0.127. The Bertz CT molecular complexity index is 945. The number of carbonyl (C=O) groups excluding carboxylic acids is 1. The third-order valence-corrected chi connectivity index (χ3v) is 5.59. The molecule has 1 atom stereocenters. The minimum atomic E-state index is -5.14. The number of likely N-dealkylation sites (tertiary alicyclic amines) is 1. The minimum Gasteiger partial charge on any atom is -0.373 e. The fourth-order valence-corrected chi connectivity index (χ4v) is 3.61. The molecule has 1 aliphatic heterocycles. The summed E-state index contributed by atoms with van der Waals surface area (Å²) in [4.78, 5) is 13.0. The number of carbonyl (C=O) groups is 1. The van der Waals surface area contributed by atoms with Crippen molar-refractivity contribution in [3.63, 3.8) is 0 Å². The molecule has 0 aliphatic carbocycles. The number of aromatic nitrogens is 2. The molecule has 1 aliphatic rings. The lowest BCUT2D eigenvalue weighted by atomic mass is 9.91. The first-order chi connectivity index (χ1) is 14.2. The maximum Gasteiger partial charge on any atom is 0.436 e. The molecule has 0 spiro atoms. The number of amides is 1. The van der Waals surface area contributed by atoms with Crippen LogP contribution < -0.4 is 4.68 Å². The van der Waals surface area contributed by atoms with Crippen molar-refractivity contribution in [1.82, 2.24) is 10.00 Å². The van der Waals surface area contributed by atoms with Crippen LogP contribution in [0.25, 0.3) is 5.69 Å². The summed E-state index contributed by atoms with van der Waals surface area (Å²) in [6.07, 6.45) is -9.51. The molecule has 12 heteroatoms. The van der Waals surface area contributed by atoms with E-state index >= 15 is 0 Å². The lowest BCUT2D eigenvalue weighted by Gasteiger charge is -2.35. The molecule has 0 unspecified atom stereocenters. The van der Waals surface area contributed by atoms with Crippen LogP contribution in [0, 0.1) is 0 Å². The maximum absolute atomic E-state index is 13.3. The van der Waals surface area contributed by atoms with Crippen molar-refractivity contribution in [2.75, 3.05) is 13.1 Å². The summed E-state index contributed by atoms with van der Waals surface area (Å²) in [5.74, 6) is -1.93. The highest BCUT2D eigenvalue weighted by Gasteiger charge is 2.57. The van der Waals surface area contributed by atoms with Crippen molar-refractivity contribution in [1.29, 1.82) is 0 Å². The average Bonchev–Trinajstić information content (AvgIpc) is 3.13. The van der Waals surface area contributed by atoms with Crippen LogP contribution >= 0.6 is 11.6 Å². The lowest BCUT2D eigenvalue weighted by Crippen LogP contribution is -2.57. The third kappa shape index (κ3) is 4.67. The van der Waals surface area contributed by atoms with E-state index in [-0.39, 0.29) is 31.6 Å². The van der Waals surface area contributed by atoms with Gasteiger partial charge in [-0.05, 0) is 31.9 Å². The van der Waals surface area contributed by atoms with Gasteiger partial charge in [-0.1, -0.05) is 16.3 Å². The second-order valence-electron chi connectivity index (χ2n) is 7.54. The molecule has 3 rings (SSSR count). The number of benzene rings is 1. The zero-order chi connectivity index (χ0) is 23.2. The Kier molecular flexibility index (Phi) is 6.05. The van der Waals surface area contributed by atoms with Crippen molar-refractivity contribution in [2.24, 2.45) is 0 Å². The highest BCUT2D eigenvalue weighted by Crippen LogP contribution is 2.35. The summed E-state index contributed by atoms with van der Waals surface area (Å²) in [5, 5.41) is 12.3. The normalized spacial score (nSPS) is 18.2. The molecule has 170 valence electrons. The largest absolute Gasteiger partial charge is 0.436 e. The number of hydrogen-bond donors (Lipinski definition) is 2. The first-order valence-electron chi connectivity index (χ1n) is 9.28. The number of nitrogens with one attached hydrogen (secondary N) is 1. The fourth-order valence-electron chi connectivity index (χ4n) is 3.49. The molecule has 1 aromatic heterocycles. The monoisotopic (exact) mass is 470 g/mol. The summed E-state index contributed by atoms with van der Waals surface area (Å²) in [6.45, 7) is 0.115. The average molecular weight is 471 g/mol. The van der Waals surface area contributed by atoms with Gasteiger partial charge in [-0.15, -0.1) is 0 Å². The molecule has 0 radical (unpaired) electrons. The maximum atomic E-state index is 13.3. The number of H-pyrrole nitrogens is 1. The Morgan fingerprint density at radius 2 is 1.68 bits per heavy atom. The van der Waals surface area contributed by atoms with Gasteiger partial charge in [-0.3, -0.25) is 4.79 Å². The van der Waals surface area contributed by atoms with Crippen LogP contribution in [0.2, 0.25) is 5.02 Å². The summed E-state index contributed by atoms with van der Waals surface area (Å²) in [7, 11) is 0. The van der Waals surface area contributed by atoms with Gasteiger partial charge in [0.25, 0.3) is 5.91 Å². The van der Waals surface area contributed by atoms with Crippen molar-refractivity contribution < 1.29 is 40.9 Å². The van der Waals surface area contributed by atoms with Crippen molar-refractivity contribution in [3.8, 4) is 5.69 Å². The number of aliphatic hydroxyl groups is 1. The summed E-state index contributed by atoms with van der Waals surface area (Å²) in [6, 6.07) is 7.05. The van der Waals surface area contributed by atoms with Crippen molar-refractivity contribution in [2.45, 2.75) is 43.6 Å². The second-order valence-corrected chi connectivity index (χ2v) is 7.98. The van der Waals surface area contributed by atoms with Gasteiger partial charge in [0.15, 0.2) is 5.69 Å². The lowest BCUT2D eigenvalue weighted by molar-refractivity contribution is -0.665. The molecule has 1 fully saturated rings. The van der Waals surface area contributed by atoms with Gasteiger partial charge >= 0.3 is 12.4 Å². The molecule has 2 heterocycles. The number of hydrogen-bond acceptors (Lipinski definition) is 2. The Morgan fingerprint density at radius 1 is 1.13 bits per heavy atom. The quantitative estimate of drug-likeness (QED) is 0.526. The summed E-state index contributed by atoms with van der Waals surface area (Å²) < 4.78 is 79.9. The smallest absolute Gasteiger partial charge is 0.373 e. The Hall–Kier alpha value is -2.27. The standard InChI is InChI=1S/C19H18ClF6N3O2/c1-17(31,19(24,25)26)16(30)28-8-6-11(7-9-28)14-10-15(18(21,22)23)27-29(14)13-4-2-12(20)3-5-13/h2-5,10-11,31H,6-9H2,1H3/p+1/t17-/m1/s1. The third-order valence-electron chi connectivity index (χ3n) is 5.34.